The van der Waals surface area contributed by atoms with Gasteiger partial charge < -0.3 is 14.4 Å². The molecular weight excluding hydrogens is 284 g/mol. The topological polar surface area (TPSA) is 74.0 Å². The molecule has 6 nitrogen and oxygen atoms in total. The van der Waals surface area contributed by atoms with Crippen molar-refractivity contribution in [3.8, 4) is 5.75 Å². The maximum atomic E-state index is 12.6. The SMILES string of the molecule is CN1CCN(CC(=O)c2c(O)ccc3ccc(=O)oc23)CC1. The monoisotopic (exact) mass is 302 g/mol. The first-order chi connectivity index (χ1) is 10.5. The summed E-state index contributed by atoms with van der Waals surface area (Å²) in [6.45, 7) is 3.63. The number of carbonyl (C=O) groups excluding carboxylic acids is 1. The smallest absolute Gasteiger partial charge is 0.336 e. The number of phenolic OH excluding ortho intramolecular Hbond substituents is 1. The van der Waals surface area contributed by atoms with Crippen LogP contribution in [0, 0.1) is 0 Å². The Morgan fingerprint density at radius 2 is 1.86 bits per heavy atom. The third-order valence-electron chi connectivity index (χ3n) is 4.01. The van der Waals surface area contributed by atoms with E-state index >= 15 is 0 Å². The number of phenols is 1. The number of aromatic hydroxyl groups is 1. The zero-order valence-electron chi connectivity index (χ0n) is 12.4. The summed E-state index contributed by atoms with van der Waals surface area (Å²) in [4.78, 5) is 28.2. The molecule has 0 atom stereocenters. The predicted octanol–water partition coefficient (Wildman–Crippen LogP) is 0.929. The van der Waals surface area contributed by atoms with Gasteiger partial charge >= 0.3 is 5.63 Å². The van der Waals surface area contributed by atoms with Crippen LogP contribution in [0.4, 0.5) is 0 Å². The van der Waals surface area contributed by atoms with Gasteiger partial charge in [-0.05, 0) is 25.2 Å². The van der Waals surface area contributed by atoms with Crippen LogP contribution in [0.2, 0.25) is 0 Å². The second-order valence-electron chi connectivity index (χ2n) is 5.64. The van der Waals surface area contributed by atoms with Gasteiger partial charge in [0.05, 0.1) is 6.54 Å². The number of fused-ring (bicyclic) bond motifs is 1. The minimum absolute atomic E-state index is 0.0918. The minimum Gasteiger partial charge on any atom is -0.507 e. The summed E-state index contributed by atoms with van der Waals surface area (Å²) in [5.74, 6) is -0.386. The molecule has 0 spiro atoms. The second kappa shape index (κ2) is 5.90. The molecule has 2 heterocycles. The average molecular weight is 302 g/mol. The van der Waals surface area contributed by atoms with E-state index in [2.05, 4.69) is 4.90 Å². The highest BCUT2D eigenvalue weighted by Gasteiger charge is 2.22. The summed E-state index contributed by atoms with van der Waals surface area (Å²) in [5.41, 5.74) is -0.285. The van der Waals surface area contributed by atoms with Crippen LogP contribution in [0.25, 0.3) is 11.0 Å². The summed E-state index contributed by atoms with van der Waals surface area (Å²) in [6.07, 6.45) is 0. The highest BCUT2D eigenvalue weighted by atomic mass is 16.4. The van der Waals surface area contributed by atoms with Crippen LogP contribution in [-0.4, -0.2) is 60.5 Å². The molecule has 3 rings (SSSR count). The van der Waals surface area contributed by atoms with Crippen molar-refractivity contribution < 1.29 is 14.3 Å². The molecule has 0 bridgehead atoms. The standard InChI is InChI=1S/C16H18N2O4/c1-17-6-8-18(9-7-17)10-13(20)15-12(19)4-2-11-3-5-14(21)22-16(11)15/h2-5,19H,6-10H2,1H3. The van der Waals surface area contributed by atoms with E-state index in [1.54, 1.807) is 12.1 Å². The van der Waals surface area contributed by atoms with Crippen LogP contribution >= 0.6 is 0 Å². The zero-order chi connectivity index (χ0) is 15.7. The van der Waals surface area contributed by atoms with Crippen molar-refractivity contribution >= 4 is 16.8 Å². The van der Waals surface area contributed by atoms with Crippen molar-refractivity contribution in [3.05, 3.63) is 40.2 Å². The molecule has 1 saturated heterocycles. The molecule has 1 aliphatic rings. The Kier molecular flexibility index (Phi) is 3.96. The Balaban J connectivity index is 1.91. The van der Waals surface area contributed by atoms with Crippen molar-refractivity contribution in [1.29, 1.82) is 0 Å². The number of nitrogens with zero attached hydrogens (tertiary/aromatic N) is 2. The minimum atomic E-state index is -0.535. The van der Waals surface area contributed by atoms with Gasteiger partial charge in [-0.1, -0.05) is 0 Å². The van der Waals surface area contributed by atoms with Crippen LogP contribution in [0.5, 0.6) is 5.75 Å². The lowest BCUT2D eigenvalue weighted by Gasteiger charge is -2.31. The Hall–Kier alpha value is -2.18. The fourth-order valence-corrected chi connectivity index (χ4v) is 2.68. The van der Waals surface area contributed by atoms with Gasteiger partial charge in [0.25, 0.3) is 0 Å². The van der Waals surface area contributed by atoms with Crippen molar-refractivity contribution in [2.75, 3.05) is 39.8 Å². The molecule has 0 unspecified atom stereocenters. The Morgan fingerprint density at radius 3 is 2.59 bits per heavy atom. The van der Waals surface area contributed by atoms with Gasteiger partial charge in [-0.15, -0.1) is 0 Å². The quantitative estimate of drug-likeness (QED) is 0.671. The van der Waals surface area contributed by atoms with Crippen LogP contribution < -0.4 is 5.63 Å². The van der Waals surface area contributed by atoms with Crippen LogP contribution in [0.15, 0.2) is 33.5 Å². The maximum Gasteiger partial charge on any atom is 0.336 e. The molecule has 1 aromatic carbocycles. The lowest BCUT2D eigenvalue weighted by atomic mass is 10.0. The first kappa shape index (κ1) is 14.7. The Morgan fingerprint density at radius 1 is 1.18 bits per heavy atom. The third-order valence-corrected chi connectivity index (χ3v) is 4.01. The van der Waals surface area contributed by atoms with Gasteiger partial charge in [-0.3, -0.25) is 9.69 Å². The van der Waals surface area contributed by atoms with E-state index in [-0.39, 0.29) is 29.2 Å². The second-order valence-corrected chi connectivity index (χ2v) is 5.64. The fraction of sp³-hybridized carbons (Fsp3) is 0.375. The van der Waals surface area contributed by atoms with Crippen molar-refractivity contribution in [1.82, 2.24) is 9.80 Å². The van der Waals surface area contributed by atoms with Gasteiger partial charge in [0, 0.05) is 37.6 Å². The lowest BCUT2D eigenvalue weighted by Crippen LogP contribution is -2.46. The number of rotatable bonds is 3. The summed E-state index contributed by atoms with van der Waals surface area (Å²) in [5, 5.41) is 10.7. The largest absolute Gasteiger partial charge is 0.507 e. The molecule has 0 aliphatic carbocycles. The van der Waals surface area contributed by atoms with Crippen LogP contribution in [0.1, 0.15) is 10.4 Å². The highest BCUT2D eigenvalue weighted by molar-refractivity contribution is 6.09. The zero-order valence-corrected chi connectivity index (χ0v) is 12.4. The molecule has 0 saturated carbocycles. The first-order valence-electron chi connectivity index (χ1n) is 7.24. The number of benzene rings is 1. The van der Waals surface area contributed by atoms with Crippen molar-refractivity contribution in [3.63, 3.8) is 0 Å². The fourth-order valence-electron chi connectivity index (χ4n) is 2.68. The summed E-state index contributed by atoms with van der Waals surface area (Å²) >= 11 is 0. The van der Waals surface area contributed by atoms with E-state index in [1.807, 2.05) is 11.9 Å². The Labute approximate surface area is 127 Å². The van der Waals surface area contributed by atoms with E-state index in [1.165, 1.54) is 12.1 Å². The number of likely N-dealkylation sites (N-methyl/N-ethyl adjacent to an activating group) is 1. The van der Waals surface area contributed by atoms with E-state index < -0.39 is 5.63 Å². The predicted molar refractivity (Wildman–Crippen MR) is 82.4 cm³/mol. The lowest BCUT2D eigenvalue weighted by molar-refractivity contribution is 0.0874. The van der Waals surface area contributed by atoms with Gasteiger partial charge in [0.1, 0.15) is 11.3 Å². The molecular formula is C16H18N2O4. The van der Waals surface area contributed by atoms with E-state index in [4.69, 9.17) is 4.42 Å². The average Bonchev–Trinajstić information content (AvgIpc) is 2.49. The molecule has 1 aromatic heterocycles. The number of Topliss-reactive ketones (excluding diaryl/α,β-unsaturated/α-hetero) is 1. The number of hydrogen-bond acceptors (Lipinski definition) is 6. The molecule has 116 valence electrons. The molecule has 2 aromatic rings. The third kappa shape index (κ3) is 2.88. The number of piperazine rings is 1. The van der Waals surface area contributed by atoms with Gasteiger partial charge in [-0.25, -0.2) is 4.79 Å². The Bertz CT molecular complexity index is 760. The van der Waals surface area contributed by atoms with Crippen molar-refractivity contribution in [2.24, 2.45) is 0 Å². The number of ketones is 1. The summed E-state index contributed by atoms with van der Waals surface area (Å²) in [7, 11) is 2.05. The molecule has 1 aliphatic heterocycles. The van der Waals surface area contributed by atoms with E-state index in [0.717, 1.165) is 26.2 Å². The summed E-state index contributed by atoms with van der Waals surface area (Å²) in [6, 6.07) is 5.97. The molecule has 6 heteroatoms. The van der Waals surface area contributed by atoms with Crippen LogP contribution in [-0.2, 0) is 0 Å². The molecule has 0 radical (unpaired) electrons. The number of carbonyl (C=O) groups is 1. The first-order valence-corrected chi connectivity index (χ1v) is 7.24. The molecule has 1 N–H and O–H groups in total. The van der Waals surface area contributed by atoms with E-state index in [0.29, 0.717) is 5.39 Å². The maximum absolute atomic E-state index is 12.6. The van der Waals surface area contributed by atoms with Crippen LogP contribution in [0.3, 0.4) is 0 Å². The highest BCUT2D eigenvalue weighted by Crippen LogP contribution is 2.27. The van der Waals surface area contributed by atoms with Crippen molar-refractivity contribution in [2.45, 2.75) is 0 Å². The van der Waals surface area contributed by atoms with Gasteiger partial charge in [-0.2, -0.15) is 0 Å². The number of hydrogen-bond donors (Lipinski definition) is 1. The van der Waals surface area contributed by atoms with E-state index in [9.17, 15) is 14.7 Å². The summed E-state index contributed by atoms with van der Waals surface area (Å²) < 4.78 is 5.14. The molecule has 0 amide bonds. The normalized spacial score (nSPS) is 17.0. The molecule has 22 heavy (non-hydrogen) atoms. The van der Waals surface area contributed by atoms with Gasteiger partial charge in [0.2, 0.25) is 0 Å². The van der Waals surface area contributed by atoms with Gasteiger partial charge in [0.15, 0.2) is 11.4 Å². The molecule has 1 fully saturated rings.